The van der Waals surface area contributed by atoms with E-state index in [1.165, 1.54) is 0 Å². The maximum atomic E-state index is 13.7. The van der Waals surface area contributed by atoms with Crippen molar-refractivity contribution >= 4 is 17.7 Å². The van der Waals surface area contributed by atoms with Crippen molar-refractivity contribution in [2.45, 2.75) is 25.1 Å². The number of hydrogen-bond acceptors (Lipinski definition) is 7. The normalized spacial score (nSPS) is 18.5. The first kappa shape index (κ1) is 28.7. The van der Waals surface area contributed by atoms with Crippen LogP contribution in [0.4, 0.5) is 0 Å². The van der Waals surface area contributed by atoms with Gasteiger partial charge in [-0.1, -0.05) is 30.3 Å². The summed E-state index contributed by atoms with van der Waals surface area (Å²) in [4.78, 5) is 45.4. The Labute approximate surface area is 255 Å². The molecule has 3 aliphatic heterocycles. The number of aromatic nitrogens is 1. The van der Waals surface area contributed by atoms with Gasteiger partial charge in [0.15, 0.2) is 6.61 Å². The summed E-state index contributed by atoms with van der Waals surface area (Å²) in [6.07, 6.45) is 1.69. The number of carbonyl (C=O) groups is 3. The highest BCUT2D eigenvalue weighted by Crippen LogP contribution is 2.33. The number of nitrogens with zero attached hydrogens (tertiary/aromatic N) is 2. The summed E-state index contributed by atoms with van der Waals surface area (Å²) in [6, 6.07) is 24.6. The van der Waals surface area contributed by atoms with Crippen molar-refractivity contribution in [1.29, 1.82) is 0 Å². The van der Waals surface area contributed by atoms with E-state index < -0.39 is 12.1 Å². The third kappa shape index (κ3) is 6.49. The number of carbonyl (C=O) groups excluding carboxylic acids is 3. The smallest absolute Gasteiger partial charge is 0.272 e. The number of piperidine rings is 1. The Hall–Kier alpha value is -5.38. The standard InChI is InChI=1S/C34H32N4O6/c1-42-30-13-10-24-18-27(30)23-5-4-6-26(17-23)43-21-32(39)36-19-22-8-11-25(12-9-22)44-31-14-16-38(20-29(31)37-33(24)40)34(41)28-7-2-3-15-35-28/h2-13,15,17-18,29,31H,14,16,19-21H2,1H3,(H,36,39)(H,37,40)/t29-,31-/m1/s1. The molecule has 4 aromatic rings. The number of benzene rings is 3. The molecule has 2 atom stereocenters. The van der Waals surface area contributed by atoms with Gasteiger partial charge in [-0.3, -0.25) is 19.4 Å². The quantitative estimate of drug-likeness (QED) is 0.363. The Morgan fingerprint density at radius 3 is 2.61 bits per heavy atom. The second kappa shape index (κ2) is 12.9. The van der Waals surface area contributed by atoms with Gasteiger partial charge in [-0.15, -0.1) is 0 Å². The Kier molecular flexibility index (Phi) is 8.40. The van der Waals surface area contributed by atoms with Crippen molar-refractivity contribution in [3.8, 4) is 28.4 Å². The van der Waals surface area contributed by atoms with Crippen molar-refractivity contribution in [3.63, 3.8) is 0 Å². The summed E-state index contributed by atoms with van der Waals surface area (Å²) >= 11 is 0. The second-order valence-corrected chi connectivity index (χ2v) is 10.6. The van der Waals surface area contributed by atoms with Crippen LogP contribution in [0.15, 0.2) is 91.1 Å². The molecule has 6 bridgehead atoms. The number of fused-ring (bicyclic) bond motifs is 7. The molecule has 1 aromatic heterocycles. The van der Waals surface area contributed by atoms with Crippen LogP contribution < -0.4 is 24.8 Å². The van der Waals surface area contributed by atoms with E-state index in [0.29, 0.717) is 53.6 Å². The highest BCUT2D eigenvalue weighted by molar-refractivity contribution is 5.97. The van der Waals surface area contributed by atoms with Crippen LogP contribution in [0.1, 0.15) is 32.8 Å². The molecule has 224 valence electrons. The van der Waals surface area contributed by atoms with Gasteiger partial charge >= 0.3 is 0 Å². The molecular weight excluding hydrogens is 560 g/mol. The predicted molar refractivity (Wildman–Crippen MR) is 163 cm³/mol. The van der Waals surface area contributed by atoms with E-state index in [0.717, 1.165) is 11.1 Å². The average molecular weight is 593 g/mol. The number of nitrogens with one attached hydrogen (secondary N) is 2. The van der Waals surface area contributed by atoms with Crippen LogP contribution in [0.25, 0.3) is 11.1 Å². The second-order valence-electron chi connectivity index (χ2n) is 10.6. The minimum atomic E-state index is -0.504. The van der Waals surface area contributed by atoms with Gasteiger partial charge in [-0.25, -0.2) is 0 Å². The Balaban J connectivity index is 1.34. The molecule has 0 unspecified atom stereocenters. The van der Waals surface area contributed by atoms with E-state index in [2.05, 4.69) is 15.6 Å². The van der Waals surface area contributed by atoms with Crippen molar-refractivity contribution in [2.75, 3.05) is 26.8 Å². The first-order valence-electron chi connectivity index (χ1n) is 14.4. The van der Waals surface area contributed by atoms with E-state index in [1.807, 2.05) is 36.4 Å². The van der Waals surface area contributed by atoms with Gasteiger partial charge in [0.05, 0.1) is 13.2 Å². The van der Waals surface area contributed by atoms with Crippen molar-refractivity contribution in [3.05, 3.63) is 108 Å². The highest BCUT2D eigenvalue weighted by atomic mass is 16.5. The molecule has 3 aliphatic rings. The molecule has 0 radical (unpaired) electrons. The molecule has 2 N–H and O–H groups in total. The zero-order chi connectivity index (χ0) is 30.5. The van der Waals surface area contributed by atoms with E-state index >= 15 is 0 Å². The van der Waals surface area contributed by atoms with E-state index in [1.54, 1.807) is 66.7 Å². The predicted octanol–water partition coefficient (Wildman–Crippen LogP) is 3.86. The lowest BCUT2D eigenvalue weighted by atomic mass is 9.99. The number of ether oxygens (including phenoxy) is 3. The van der Waals surface area contributed by atoms with Gasteiger partial charge in [0.1, 0.15) is 29.0 Å². The minimum absolute atomic E-state index is 0.146. The van der Waals surface area contributed by atoms with E-state index in [-0.39, 0.29) is 30.9 Å². The summed E-state index contributed by atoms with van der Waals surface area (Å²) in [5.41, 5.74) is 3.10. The average Bonchev–Trinajstić information content (AvgIpc) is 3.07. The third-order valence-corrected chi connectivity index (χ3v) is 7.71. The lowest BCUT2D eigenvalue weighted by molar-refractivity contribution is -0.123. The van der Waals surface area contributed by atoms with Crippen LogP contribution >= 0.6 is 0 Å². The monoisotopic (exact) mass is 592 g/mol. The Morgan fingerprint density at radius 1 is 0.955 bits per heavy atom. The fourth-order valence-corrected chi connectivity index (χ4v) is 5.39. The molecule has 3 aromatic carbocycles. The fraction of sp³-hybridized carbons (Fsp3) is 0.235. The number of likely N-dealkylation sites (tertiary alicyclic amines) is 1. The van der Waals surface area contributed by atoms with Crippen LogP contribution in [0.2, 0.25) is 0 Å². The summed E-state index contributed by atoms with van der Waals surface area (Å²) in [5, 5.41) is 6.01. The summed E-state index contributed by atoms with van der Waals surface area (Å²) in [6.45, 7) is 0.881. The van der Waals surface area contributed by atoms with Crippen LogP contribution in [0.5, 0.6) is 17.2 Å². The number of methoxy groups -OCH3 is 1. The minimum Gasteiger partial charge on any atom is -0.496 e. The molecule has 10 nitrogen and oxygen atoms in total. The fourth-order valence-electron chi connectivity index (χ4n) is 5.39. The van der Waals surface area contributed by atoms with Crippen molar-refractivity contribution in [2.24, 2.45) is 0 Å². The van der Waals surface area contributed by atoms with Crippen molar-refractivity contribution < 1.29 is 28.6 Å². The Bertz CT molecular complexity index is 1660. The molecule has 0 aliphatic carbocycles. The largest absolute Gasteiger partial charge is 0.496 e. The lowest BCUT2D eigenvalue weighted by Crippen LogP contribution is -2.58. The molecule has 1 fully saturated rings. The Morgan fingerprint density at radius 2 is 1.82 bits per heavy atom. The SMILES string of the molecule is COc1ccc2cc1-c1cccc(c1)OCC(=O)NCc1ccc(cc1)O[C@@H]1CCN(C(=O)c3ccccn3)C[C@H]1NC2=O. The first-order chi connectivity index (χ1) is 21.5. The number of amides is 3. The molecule has 4 heterocycles. The highest BCUT2D eigenvalue weighted by Gasteiger charge is 2.35. The number of hydrogen-bond donors (Lipinski definition) is 2. The molecule has 10 heteroatoms. The molecule has 0 saturated carbocycles. The number of pyridine rings is 1. The molecule has 1 saturated heterocycles. The van der Waals surface area contributed by atoms with E-state index in [9.17, 15) is 14.4 Å². The van der Waals surface area contributed by atoms with Gasteiger partial charge < -0.3 is 29.7 Å². The maximum absolute atomic E-state index is 13.7. The summed E-state index contributed by atoms with van der Waals surface area (Å²) in [5.74, 6) is 0.937. The molecule has 0 spiro atoms. The third-order valence-electron chi connectivity index (χ3n) is 7.71. The maximum Gasteiger partial charge on any atom is 0.272 e. The van der Waals surface area contributed by atoms with Crippen LogP contribution in [0, 0.1) is 0 Å². The molecule has 3 amide bonds. The van der Waals surface area contributed by atoms with Crippen molar-refractivity contribution in [1.82, 2.24) is 20.5 Å². The molecule has 7 rings (SSSR count). The summed E-state index contributed by atoms with van der Waals surface area (Å²) < 4.78 is 17.8. The summed E-state index contributed by atoms with van der Waals surface area (Å²) in [7, 11) is 1.57. The van der Waals surface area contributed by atoms with Gasteiger partial charge in [0.2, 0.25) is 0 Å². The number of rotatable bonds is 2. The van der Waals surface area contributed by atoms with Gasteiger partial charge in [-0.05, 0) is 65.7 Å². The molecular formula is C34H32N4O6. The van der Waals surface area contributed by atoms with Crippen LogP contribution in [-0.2, 0) is 11.3 Å². The van der Waals surface area contributed by atoms with Crippen LogP contribution in [-0.4, -0.2) is 66.6 Å². The zero-order valence-electron chi connectivity index (χ0n) is 24.2. The molecule has 44 heavy (non-hydrogen) atoms. The zero-order valence-corrected chi connectivity index (χ0v) is 24.2. The topological polar surface area (TPSA) is 119 Å². The van der Waals surface area contributed by atoms with Crippen LogP contribution in [0.3, 0.4) is 0 Å². The lowest BCUT2D eigenvalue weighted by Gasteiger charge is -2.38. The van der Waals surface area contributed by atoms with Gasteiger partial charge in [0, 0.05) is 43.4 Å². The van der Waals surface area contributed by atoms with E-state index in [4.69, 9.17) is 14.2 Å². The van der Waals surface area contributed by atoms with Gasteiger partial charge in [-0.2, -0.15) is 0 Å². The van der Waals surface area contributed by atoms with Gasteiger partial charge in [0.25, 0.3) is 17.7 Å². The first-order valence-corrected chi connectivity index (χ1v) is 14.4.